The average molecular weight is 489 g/mol. The quantitative estimate of drug-likeness (QED) is 0.333. The number of hydrogen-bond donors (Lipinski definition) is 3. The van der Waals surface area contributed by atoms with Crippen LogP contribution in [-0.2, 0) is 13.6 Å². The van der Waals surface area contributed by atoms with E-state index in [2.05, 4.69) is 26.6 Å². The lowest BCUT2D eigenvalue weighted by Crippen LogP contribution is -2.29. The maximum atomic E-state index is 12.9. The average Bonchev–Trinajstić information content (AvgIpc) is 3.56. The summed E-state index contributed by atoms with van der Waals surface area (Å²) in [5, 5.41) is 39.7. The summed E-state index contributed by atoms with van der Waals surface area (Å²) >= 11 is 0. The number of aliphatic hydroxyl groups excluding tert-OH is 1. The second-order valence-corrected chi connectivity index (χ2v) is 8.12. The van der Waals surface area contributed by atoms with E-state index in [0.29, 0.717) is 11.1 Å². The molecule has 0 aliphatic heterocycles. The largest absolute Gasteiger partial charge is 0.501 e. The van der Waals surface area contributed by atoms with Crippen LogP contribution in [0, 0.1) is 11.3 Å². The Morgan fingerprint density at radius 1 is 1.31 bits per heavy atom. The highest BCUT2D eigenvalue weighted by Crippen LogP contribution is 2.39. The minimum absolute atomic E-state index is 0.102. The van der Waals surface area contributed by atoms with E-state index in [4.69, 9.17) is 4.52 Å². The van der Waals surface area contributed by atoms with Crippen molar-refractivity contribution in [2.24, 2.45) is 7.05 Å². The fourth-order valence-electron chi connectivity index (χ4n) is 4.15. The zero-order valence-electron chi connectivity index (χ0n) is 19.5. The van der Waals surface area contributed by atoms with Crippen LogP contribution in [0.5, 0.6) is 5.75 Å². The van der Waals surface area contributed by atoms with Gasteiger partial charge in [0.05, 0.1) is 37.2 Å². The van der Waals surface area contributed by atoms with Crippen LogP contribution in [0.2, 0.25) is 0 Å². The van der Waals surface area contributed by atoms with Crippen LogP contribution in [0.3, 0.4) is 0 Å². The highest BCUT2D eigenvalue weighted by molar-refractivity contribution is 6.04. The number of nitriles is 1. The normalized spacial score (nSPS) is 12.6. The molecule has 3 N–H and O–H groups in total. The van der Waals surface area contributed by atoms with Crippen molar-refractivity contribution >= 4 is 11.6 Å². The van der Waals surface area contributed by atoms with Gasteiger partial charge < -0.3 is 20.1 Å². The van der Waals surface area contributed by atoms with E-state index in [0.717, 1.165) is 5.56 Å². The first-order chi connectivity index (χ1) is 17.3. The van der Waals surface area contributed by atoms with Crippen LogP contribution in [0.15, 0.2) is 58.4 Å². The molecule has 0 radical (unpaired) electrons. The maximum Gasteiger partial charge on any atom is 0.296 e. The number of aromatic nitrogens is 5. The molecule has 0 saturated heterocycles. The lowest BCUT2D eigenvalue weighted by Gasteiger charge is -2.26. The topological polar surface area (TPSA) is 172 Å². The number of hydrogen-bond acceptors (Lipinski definition) is 9. The van der Waals surface area contributed by atoms with Gasteiger partial charge in [0.15, 0.2) is 5.69 Å². The Hall–Kier alpha value is -4.76. The molecule has 36 heavy (non-hydrogen) atoms. The molecule has 0 unspecified atom stereocenters. The SMILES string of the molecule is C[C@@H](c1nc(C(=O)Nc2cnoc2)c(O)c(=O)n1C)[C@@H](c1cnn(CCO)c1)c1ccccc1C#N. The molecule has 184 valence electrons. The molecular weight excluding hydrogens is 466 g/mol. The molecule has 0 aliphatic carbocycles. The first-order valence-corrected chi connectivity index (χ1v) is 11.0. The third kappa shape index (κ3) is 4.59. The Bertz CT molecular complexity index is 1480. The fourth-order valence-corrected chi connectivity index (χ4v) is 4.15. The number of nitrogens with one attached hydrogen (secondary N) is 1. The van der Waals surface area contributed by atoms with Crippen LogP contribution in [0.25, 0.3) is 0 Å². The number of carbonyl (C=O) groups excluding carboxylic acids is 1. The minimum Gasteiger partial charge on any atom is -0.501 e. The predicted octanol–water partition coefficient (Wildman–Crippen LogP) is 1.72. The molecule has 0 bridgehead atoms. The number of aliphatic hydroxyl groups is 1. The summed E-state index contributed by atoms with van der Waals surface area (Å²) < 4.78 is 7.44. The summed E-state index contributed by atoms with van der Waals surface area (Å²) in [6.07, 6.45) is 5.84. The van der Waals surface area contributed by atoms with E-state index >= 15 is 0 Å². The van der Waals surface area contributed by atoms with Crippen LogP contribution in [0.1, 0.15) is 51.8 Å². The molecular formula is C24H23N7O5. The van der Waals surface area contributed by atoms with Gasteiger partial charge in [-0.2, -0.15) is 10.4 Å². The molecule has 4 aromatic rings. The molecule has 0 aliphatic rings. The molecule has 12 heteroatoms. The van der Waals surface area contributed by atoms with E-state index in [1.807, 2.05) is 6.92 Å². The van der Waals surface area contributed by atoms with Crippen molar-refractivity contribution in [2.45, 2.75) is 25.3 Å². The van der Waals surface area contributed by atoms with Gasteiger partial charge >= 0.3 is 0 Å². The molecule has 12 nitrogen and oxygen atoms in total. The molecule has 0 fully saturated rings. The lowest BCUT2D eigenvalue weighted by molar-refractivity contribution is 0.101. The van der Waals surface area contributed by atoms with Gasteiger partial charge in [0, 0.05) is 25.1 Å². The van der Waals surface area contributed by atoms with Crippen LogP contribution in [0.4, 0.5) is 5.69 Å². The van der Waals surface area contributed by atoms with Gasteiger partial charge in [0.2, 0.25) is 5.75 Å². The monoisotopic (exact) mass is 489 g/mol. The van der Waals surface area contributed by atoms with E-state index < -0.39 is 34.7 Å². The Kier molecular flexibility index (Phi) is 6.93. The smallest absolute Gasteiger partial charge is 0.296 e. The second kappa shape index (κ2) is 10.2. The van der Waals surface area contributed by atoms with E-state index in [1.54, 1.807) is 41.3 Å². The van der Waals surface area contributed by atoms with Crippen LogP contribution in [-0.4, -0.2) is 47.2 Å². The van der Waals surface area contributed by atoms with Gasteiger partial charge in [0.25, 0.3) is 11.5 Å². The van der Waals surface area contributed by atoms with Crippen molar-refractivity contribution in [1.82, 2.24) is 24.5 Å². The van der Waals surface area contributed by atoms with Gasteiger partial charge in [-0.1, -0.05) is 30.3 Å². The molecule has 0 spiro atoms. The predicted molar refractivity (Wildman–Crippen MR) is 126 cm³/mol. The Labute approximate surface area is 205 Å². The maximum absolute atomic E-state index is 12.9. The van der Waals surface area contributed by atoms with Gasteiger partial charge in [-0.15, -0.1) is 0 Å². The summed E-state index contributed by atoms with van der Waals surface area (Å²) in [6.45, 7) is 1.99. The number of anilines is 1. The minimum atomic E-state index is -0.813. The number of rotatable bonds is 8. The van der Waals surface area contributed by atoms with Gasteiger partial charge in [-0.25, -0.2) is 4.98 Å². The summed E-state index contributed by atoms with van der Waals surface area (Å²) in [7, 11) is 1.45. The van der Waals surface area contributed by atoms with Crippen molar-refractivity contribution in [3.05, 3.63) is 87.7 Å². The number of amides is 1. The first-order valence-electron chi connectivity index (χ1n) is 11.0. The van der Waals surface area contributed by atoms with E-state index in [1.165, 1.54) is 24.1 Å². The molecule has 4 rings (SSSR count). The Balaban J connectivity index is 1.85. The standard InChI is InChI=1S/C24H23N7O5/c1-14(19(16-10-26-31(12-16)7-8-32)18-6-4-3-5-15(18)9-25)22-29-20(21(33)24(35)30(22)2)23(34)28-17-11-27-36-13-17/h3-6,10-14,19,32-33H,7-8H2,1-2H3,(H,28,34)/t14-,19+/m1/s1. The van der Waals surface area contributed by atoms with Crippen molar-refractivity contribution in [3.63, 3.8) is 0 Å². The highest BCUT2D eigenvalue weighted by atomic mass is 16.5. The zero-order valence-corrected chi connectivity index (χ0v) is 19.5. The summed E-state index contributed by atoms with van der Waals surface area (Å²) in [5.74, 6) is -2.45. The molecule has 2 atom stereocenters. The molecule has 0 saturated carbocycles. The molecule has 3 heterocycles. The Morgan fingerprint density at radius 3 is 2.78 bits per heavy atom. The molecule has 1 amide bonds. The summed E-state index contributed by atoms with van der Waals surface area (Å²) in [6, 6.07) is 9.25. The van der Waals surface area contributed by atoms with Crippen LogP contribution >= 0.6 is 0 Å². The summed E-state index contributed by atoms with van der Waals surface area (Å²) in [4.78, 5) is 30.1. The van der Waals surface area contributed by atoms with E-state index in [9.17, 15) is 25.1 Å². The number of aromatic hydroxyl groups is 1. The van der Waals surface area contributed by atoms with Crippen molar-refractivity contribution in [3.8, 4) is 11.8 Å². The highest BCUT2D eigenvalue weighted by Gasteiger charge is 2.31. The van der Waals surface area contributed by atoms with Crippen molar-refractivity contribution in [2.75, 3.05) is 11.9 Å². The second-order valence-electron chi connectivity index (χ2n) is 8.12. The zero-order chi connectivity index (χ0) is 25.8. The summed E-state index contributed by atoms with van der Waals surface area (Å²) in [5.41, 5.74) is 0.799. The van der Waals surface area contributed by atoms with Gasteiger partial charge in [0.1, 0.15) is 17.8 Å². The van der Waals surface area contributed by atoms with Crippen molar-refractivity contribution < 1.29 is 19.5 Å². The third-order valence-corrected chi connectivity index (χ3v) is 5.87. The van der Waals surface area contributed by atoms with Crippen LogP contribution < -0.4 is 10.9 Å². The van der Waals surface area contributed by atoms with Gasteiger partial charge in [-0.3, -0.25) is 18.8 Å². The first kappa shape index (κ1) is 24.4. The Morgan fingerprint density at radius 2 is 2.08 bits per heavy atom. The molecule has 1 aromatic carbocycles. The number of carbonyl (C=O) groups is 1. The third-order valence-electron chi connectivity index (χ3n) is 5.87. The number of benzene rings is 1. The lowest BCUT2D eigenvalue weighted by atomic mass is 9.80. The number of nitrogens with zero attached hydrogens (tertiary/aromatic N) is 6. The van der Waals surface area contributed by atoms with Gasteiger partial charge in [-0.05, 0) is 17.2 Å². The fraction of sp³-hybridized carbons (Fsp3) is 0.250. The van der Waals surface area contributed by atoms with Crippen molar-refractivity contribution in [1.29, 1.82) is 5.26 Å². The molecule has 3 aromatic heterocycles. The van der Waals surface area contributed by atoms with E-state index in [-0.39, 0.29) is 24.7 Å².